The van der Waals surface area contributed by atoms with Gasteiger partial charge in [-0.05, 0) is 35.1 Å². The molecule has 0 N–H and O–H groups in total. The van der Waals surface area contributed by atoms with Crippen molar-refractivity contribution < 1.29 is 4.79 Å². The van der Waals surface area contributed by atoms with Gasteiger partial charge in [0.05, 0.1) is 8.07 Å². The van der Waals surface area contributed by atoms with Crippen molar-refractivity contribution in [3.63, 3.8) is 0 Å². The van der Waals surface area contributed by atoms with E-state index in [1.54, 1.807) is 0 Å². The zero-order chi connectivity index (χ0) is 20.3. The highest BCUT2D eigenvalue weighted by molar-refractivity contribution is 6.83. The summed E-state index contributed by atoms with van der Waals surface area (Å²) in [5.74, 6) is 0.229. The second-order valence-corrected chi connectivity index (χ2v) is 14.0. The van der Waals surface area contributed by atoms with E-state index in [0.717, 1.165) is 19.3 Å². The quantitative estimate of drug-likeness (QED) is 0.258. The van der Waals surface area contributed by atoms with Crippen LogP contribution in [0.3, 0.4) is 0 Å². The third kappa shape index (κ3) is 3.30. The number of carbonyl (C=O) groups is 1. The Kier molecular flexibility index (Phi) is 5.56. The molecule has 0 aromatic heterocycles. The van der Waals surface area contributed by atoms with Crippen LogP contribution < -0.4 is 0 Å². The number of hydrogen-bond donors (Lipinski definition) is 0. The van der Waals surface area contributed by atoms with Gasteiger partial charge in [-0.2, -0.15) is 0 Å². The Balaban J connectivity index is 2.02. The van der Waals surface area contributed by atoms with Crippen LogP contribution in [-0.2, 0) is 9.83 Å². The molecule has 0 amide bonds. The van der Waals surface area contributed by atoms with Crippen LogP contribution >= 0.6 is 0 Å². The van der Waals surface area contributed by atoms with E-state index in [1.807, 2.05) is 0 Å². The highest BCUT2D eigenvalue weighted by atomic mass is 28.3. The summed E-state index contributed by atoms with van der Waals surface area (Å²) in [7, 11) is -1.99. The van der Waals surface area contributed by atoms with Gasteiger partial charge in [-0.25, -0.2) is 0 Å². The molecular formula is C27H30OSi. The predicted molar refractivity (Wildman–Crippen MR) is 124 cm³/mol. The van der Waals surface area contributed by atoms with Gasteiger partial charge in [0.2, 0.25) is 0 Å². The van der Waals surface area contributed by atoms with E-state index >= 15 is 0 Å². The van der Waals surface area contributed by atoms with Crippen LogP contribution in [0.25, 0.3) is 0 Å². The number of hydrogen-bond acceptors (Lipinski definition) is 1. The lowest BCUT2D eigenvalue weighted by molar-refractivity contribution is -0.110. The Morgan fingerprint density at radius 1 is 0.724 bits per heavy atom. The summed E-state index contributed by atoms with van der Waals surface area (Å²) in [4.78, 5) is 11.6. The maximum Gasteiger partial charge on any atom is 0.123 e. The predicted octanol–water partition coefficient (Wildman–Crippen LogP) is 6.64. The lowest BCUT2D eigenvalue weighted by Crippen LogP contribution is -2.56. The first-order valence-corrected chi connectivity index (χ1v) is 13.8. The summed E-state index contributed by atoms with van der Waals surface area (Å²) < 4.78 is 0. The minimum atomic E-state index is -1.99. The molecule has 1 nitrogen and oxygen atoms in total. The fraction of sp³-hybridized carbons (Fsp3) is 0.296. The van der Waals surface area contributed by atoms with Gasteiger partial charge in [-0.1, -0.05) is 111 Å². The van der Waals surface area contributed by atoms with Crippen LogP contribution in [0.1, 0.15) is 36.0 Å². The number of carbonyl (C=O) groups excluding carboxylic acids is 1. The van der Waals surface area contributed by atoms with E-state index in [0.29, 0.717) is 5.54 Å². The Morgan fingerprint density at radius 2 is 1.14 bits per heavy atom. The molecule has 0 radical (unpaired) electrons. The molecule has 1 aliphatic rings. The summed E-state index contributed by atoms with van der Waals surface area (Å²) in [5, 5.41) is -0.154. The van der Waals surface area contributed by atoms with Gasteiger partial charge in [0.25, 0.3) is 0 Å². The lowest BCUT2D eigenvalue weighted by atomic mass is 9.83. The average Bonchev–Trinajstić information content (AvgIpc) is 3.27. The van der Waals surface area contributed by atoms with E-state index in [1.165, 1.54) is 23.0 Å². The van der Waals surface area contributed by atoms with Crippen molar-refractivity contribution in [2.75, 3.05) is 0 Å². The molecule has 1 fully saturated rings. The molecule has 0 bridgehead atoms. The molecule has 4 rings (SSSR count). The van der Waals surface area contributed by atoms with Gasteiger partial charge in [-0.3, -0.25) is 0 Å². The molecular weight excluding hydrogens is 368 g/mol. The van der Waals surface area contributed by atoms with Crippen LogP contribution in [0, 0.1) is 5.92 Å². The molecule has 3 aromatic carbocycles. The summed E-state index contributed by atoms with van der Waals surface area (Å²) in [6, 6.07) is 33.2. The lowest BCUT2D eigenvalue weighted by Gasteiger charge is -2.50. The summed E-state index contributed by atoms with van der Waals surface area (Å²) in [6.07, 6.45) is 4.44. The van der Waals surface area contributed by atoms with Crippen molar-refractivity contribution in [2.45, 2.75) is 42.9 Å². The Morgan fingerprint density at radius 3 is 1.48 bits per heavy atom. The second-order valence-electron chi connectivity index (χ2n) is 8.98. The zero-order valence-corrected chi connectivity index (χ0v) is 18.4. The first kappa shape index (κ1) is 19.8. The van der Waals surface area contributed by atoms with E-state index < -0.39 is 8.07 Å². The van der Waals surface area contributed by atoms with Gasteiger partial charge in [0.15, 0.2) is 0 Å². The van der Waals surface area contributed by atoms with Crippen molar-refractivity contribution in [1.29, 1.82) is 0 Å². The summed E-state index contributed by atoms with van der Waals surface area (Å²) in [6.45, 7) is 5.11. The van der Waals surface area contributed by atoms with Crippen LogP contribution in [0.5, 0.6) is 0 Å². The van der Waals surface area contributed by atoms with Crippen molar-refractivity contribution in [1.82, 2.24) is 0 Å². The molecule has 0 aliphatic heterocycles. The maximum absolute atomic E-state index is 11.6. The third-order valence-corrected chi connectivity index (χ3v) is 12.6. The van der Waals surface area contributed by atoms with Crippen molar-refractivity contribution in [3.05, 3.63) is 108 Å². The number of benzene rings is 3. The zero-order valence-electron chi connectivity index (χ0n) is 17.4. The molecule has 29 heavy (non-hydrogen) atoms. The van der Waals surface area contributed by atoms with Gasteiger partial charge in [0, 0.05) is 11.0 Å². The number of rotatable bonds is 6. The first-order chi connectivity index (χ1) is 14.1. The monoisotopic (exact) mass is 398 g/mol. The fourth-order valence-electron chi connectivity index (χ4n) is 5.78. The maximum atomic E-state index is 11.6. The number of aldehydes is 1. The van der Waals surface area contributed by atoms with Gasteiger partial charge in [0.1, 0.15) is 6.29 Å². The smallest absolute Gasteiger partial charge is 0.123 e. The topological polar surface area (TPSA) is 17.1 Å². The molecule has 2 atom stereocenters. The molecule has 1 aliphatic carbocycles. The summed E-state index contributed by atoms with van der Waals surface area (Å²) >= 11 is 0. The van der Waals surface area contributed by atoms with E-state index in [9.17, 15) is 4.79 Å². The Labute approximate surface area is 175 Å². The van der Waals surface area contributed by atoms with Crippen molar-refractivity contribution in [3.8, 4) is 0 Å². The first-order valence-electron chi connectivity index (χ1n) is 10.7. The van der Waals surface area contributed by atoms with Crippen LogP contribution in [-0.4, -0.2) is 14.4 Å². The summed E-state index contributed by atoms with van der Waals surface area (Å²) in [5.41, 5.74) is 4.74. The second kappa shape index (κ2) is 8.12. The largest absolute Gasteiger partial charge is 0.303 e. The molecule has 3 aromatic rings. The SMILES string of the molecule is C[Si](C)([C@@H]1CC[C@@H](C=O)C1)C(c1ccccc1)(c1ccccc1)c1ccccc1. The molecule has 1 saturated carbocycles. The van der Waals surface area contributed by atoms with Gasteiger partial charge < -0.3 is 4.79 Å². The Hall–Kier alpha value is -2.45. The van der Waals surface area contributed by atoms with E-state index in [2.05, 4.69) is 104 Å². The average molecular weight is 399 g/mol. The minimum absolute atomic E-state index is 0.154. The molecule has 148 valence electrons. The van der Waals surface area contributed by atoms with Crippen molar-refractivity contribution in [2.24, 2.45) is 5.92 Å². The fourth-order valence-corrected chi connectivity index (χ4v) is 10.9. The standard InChI is InChI=1S/C27H30OSi/c1-29(2,26-19-18-22(20-26)21-28)27(23-12-6-3-7-13-23,24-14-8-4-9-15-24)25-16-10-5-11-17-25/h3-17,21-22,26H,18-20H2,1-2H3/t22-,26-/m1/s1. The van der Waals surface area contributed by atoms with E-state index in [4.69, 9.17) is 0 Å². The highest BCUT2D eigenvalue weighted by Crippen LogP contribution is 2.55. The molecule has 0 spiro atoms. The highest BCUT2D eigenvalue weighted by Gasteiger charge is 2.55. The van der Waals surface area contributed by atoms with E-state index in [-0.39, 0.29) is 11.0 Å². The minimum Gasteiger partial charge on any atom is -0.303 e. The van der Waals surface area contributed by atoms with Crippen LogP contribution in [0.4, 0.5) is 0 Å². The Bertz CT molecular complexity index is 837. The van der Waals surface area contributed by atoms with Crippen LogP contribution in [0.2, 0.25) is 18.6 Å². The van der Waals surface area contributed by atoms with Gasteiger partial charge in [-0.15, -0.1) is 0 Å². The molecule has 0 saturated heterocycles. The molecule has 2 heteroatoms. The van der Waals surface area contributed by atoms with Gasteiger partial charge >= 0.3 is 0 Å². The normalized spacial score (nSPS) is 19.8. The van der Waals surface area contributed by atoms with Crippen molar-refractivity contribution >= 4 is 14.4 Å². The van der Waals surface area contributed by atoms with Crippen LogP contribution in [0.15, 0.2) is 91.0 Å². The third-order valence-electron chi connectivity index (χ3n) is 7.27. The molecule has 0 heterocycles. The molecule has 0 unspecified atom stereocenters.